The molecule has 5 aliphatic rings. The predicted molar refractivity (Wildman–Crippen MR) is 91.8 cm³/mol. The second-order valence-electron chi connectivity index (χ2n) is 9.68. The minimum atomic E-state index is -0.340. The topological polar surface area (TPSA) is 26.3 Å². The summed E-state index contributed by atoms with van der Waals surface area (Å²) < 4.78 is 6.39. The summed E-state index contributed by atoms with van der Waals surface area (Å²) in [6, 6.07) is 0. The first kappa shape index (κ1) is 16.0. The van der Waals surface area contributed by atoms with Crippen molar-refractivity contribution in [3.05, 3.63) is 0 Å². The highest BCUT2D eigenvalue weighted by Gasteiger charge is 2.64. The zero-order valence-corrected chi connectivity index (χ0v) is 15.4. The quantitative estimate of drug-likeness (QED) is 0.665. The molecule has 0 aromatic heterocycles. The van der Waals surface area contributed by atoms with Gasteiger partial charge in [-0.05, 0) is 94.8 Å². The van der Waals surface area contributed by atoms with Crippen LogP contribution in [0.3, 0.4) is 0 Å². The molecule has 4 bridgehead atoms. The monoisotopic (exact) mass is 318 g/mol. The summed E-state index contributed by atoms with van der Waals surface area (Å²) in [5.74, 6) is 5.34. The van der Waals surface area contributed by atoms with Crippen LogP contribution in [0.5, 0.6) is 0 Å². The Morgan fingerprint density at radius 1 is 1.04 bits per heavy atom. The van der Waals surface area contributed by atoms with Gasteiger partial charge in [0.2, 0.25) is 0 Å². The van der Waals surface area contributed by atoms with E-state index in [4.69, 9.17) is 4.74 Å². The third-order valence-electron chi connectivity index (χ3n) is 8.52. The van der Waals surface area contributed by atoms with Crippen LogP contribution < -0.4 is 0 Å². The van der Waals surface area contributed by atoms with Crippen LogP contribution in [0, 0.1) is 40.9 Å². The fraction of sp³-hybridized carbons (Fsp3) is 0.952. The second-order valence-corrected chi connectivity index (χ2v) is 9.68. The summed E-state index contributed by atoms with van der Waals surface area (Å²) in [6.07, 6.45) is 10.1. The minimum absolute atomic E-state index is 0.0501. The number of rotatable bonds is 4. The summed E-state index contributed by atoms with van der Waals surface area (Å²) in [7, 11) is 0. The van der Waals surface area contributed by atoms with Crippen LogP contribution in [0.15, 0.2) is 0 Å². The van der Waals surface area contributed by atoms with Gasteiger partial charge in [0.1, 0.15) is 5.60 Å². The molecule has 0 N–H and O–H groups in total. The predicted octanol–water partition coefficient (Wildman–Crippen LogP) is 5.21. The lowest BCUT2D eigenvalue weighted by Gasteiger charge is -2.59. The molecule has 0 aromatic carbocycles. The average Bonchev–Trinajstić information content (AvgIpc) is 3.18. The van der Waals surface area contributed by atoms with E-state index in [0.29, 0.717) is 5.92 Å². The number of fused-ring (bicyclic) bond motifs is 4. The lowest BCUT2D eigenvalue weighted by atomic mass is 9.49. The van der Waals surface area contributed by atoms with E-state index < -0.39 is 0 Å². The molecule has 5 fully saturated rings. The molecular formula is C21H34O2. The van der Waals surface area contributed by atoms with Crippen molar-refractivity contribution in [3.63, 3.8) is 0 Å². The van der Waals surface area contributed by atoms with Gasteiger partial charge in [0, 0.05) is 5.92 Å². The van der Waals surface area contributed by atoms with Crippen molar-refractivity contribution in [2.24, 2.45) is 40.9 Å². The zero-order valence-electron chi connectivity index (χ0n) is 15.4. The molecule has 0 aromatic rings. The summed E-state index contributed by atoms with van der Waals surface area (Å²) in [5.41, 5.74) is -0.481. The van der Waals surface area contributed by atoms with Crippen molar-refractivity contribution in [3.8, 4) is 0 Å². The molecule has 5 rings (SSSR count). The van der Waals surface area contributed by atoms with E-state index in [0.717, 1.165) is 48.9 Å². The highest BCUT2D eigenvalue weighted by atomic mass is 16.6. The molecule has 0 aliphatic heterocycles. The van der Waals surface area contributed by atoms with Crippen molar-refractivity contribution in [1.29, 1.82) is 0 Å². The maximum absolute atomic E-state index is 12.8. The average molecular weight is 319 g/mol. The second kappa shape index (κ2) is 5.23. The normalized spacial score (nSPS) is 47.7. The van der Waals surface area contributed by atoms with Gasteiger partial charge in [-0.1, -0.05) is 13.8 Å². The summed E-state index contributed by atoms with van der Waals surface area (Å²) in [5, 5.41) is 0. The molecule has 5 aliphatic carbocycles. The van der Waals surface area contributed by atoms with E-state index in [1.165, 1.54) is 32.1 Å². The zero-order chi connectivity index (χ0) is 16.4. The van der Waals surface area contributed by atoms with Gasteiger partial charge in [0.15, 0.2) is 0 Å². The molecule has 5 saturated carbocycles. The Morgan fingerprint density at radius 2 is 1.70 bits per heavy atom. The number of carbonyl (C=O) groups is 1. The number of hydrogen-bond donors (Lipinski definition) is 0. The Kier molecular flexibility index (Phi) is 3.63. The summed E-state index contributed by atoms with van der Waals surface area (Å²) >= 11 is 0. The van der Waals surface area contributed by atoms with Crippen molar-refractivity contribution in [1.82, 2.24) is 0 Å². The Morgan fingerprint density at radius 3 is 2.35 bits per heavy atom. The first-order valence-electron chi connectivity index (χ1n) is 10.2. The van der Waals surface area contributed by atoms with Crippen LogP contribution >= 0.6 is 0 Å². The van der Waals surface area contributed by atoms with Gasteiger partial charge >= 0.3 is 5.97 Å². The molecule has 7 atom stereocenters. The molecule has 0 saturated heterocycles. The number of esters is 1. The minimum Gasteiger partial charge on any atom is -0.458 e. The standard InChI is InChI=1S/C21H34O2/c1-5-20(3,4)19(22)23-21(6-2)12-15-9-10-16(21)18-14-8-7-13(11-14)17(15)18/h13-18H,5-12H2,1-4H3. The number of carbonyl (C=O) groups excluding carboxylic acids is 1. The largest absolute Gasteiger partial charge is 0.458 e. The van der Waals surface area contributed by atoms with E-state index in [1.807, 2.05) is 13.8 Å². The first-order valence-corrected chi connectivity index (χ1v) is 10.2. The molecule has 130 valence electrons. The van der Waals surface area contributed by atoms with Crippen LogP contribution in [0.25, 0.3) is 0 Å². The van der Waals surface area contributed by atoms with Crippen molar-refractivity contribution in [2.75, 3.05) is 0 Å². The molecule has 23 heavy (non-hydrogen) atoms. The lowest BCUT2D eigenvalue weighted by Crippen LogP contribution is -2.59. The number of hydrogen-bond acceptors (Lipinski definition) is 2. The SMILES string of the molecule is CCC(C)(C)C(=O)OC1(CC)CC2CCC1C1C3CCC(C3)C21. The van der Waals surface area contributed by atoms with Gasteiger partial charge in [0.25, 0.3) is 0 Å². The Balaban J connectivity index is 1.61. The van der Waals surface area contributed by atoms with E-state index in [-0.39, 0.29) is 17.0 Å². The van der Waals surface area contributed by atoms with E-state index in [2.05, 4.69) is 13.8 Å². The van der Waals surface area contributed by atoms with E-state index in [1.54, 1.807) is 0 Å². The maximum atomic E-state index is 12.8. The maximum Gasteiger partial charge on any atom is 0.312 e. The Bertz CT molecular complexity index is 496. The molecular weight excluding hydrogens is 284 g/mol. The Hall–Kier alpha value is -0.530. The fourth-order valence-corrected chi connectivity index (χ4v) is 6.97. The molecule has 0 spiro atoms. The van der Waals surface area contributed by atoms with Gasteiger partial charge in [-0.15, -0.1) is 0 Å². The molecule has 0 radical (unpaired) electrons. The summed E-state index contributed by atoms with van der Waals surface area (Å²) in [4.78, 5) is 12.8. The third-order valence-corrected chi connectivity index (χ3v) is 8.52. The smallest absolute Gasteiger partial charge is 0.312 e. The van der Waals surface area contributed by atoms with E-state index >= 15 is 0 Å². The molecule has 0 heterocycles. The fourth-order valence-electron chi connectivity index (χ4n) is 6.97. The highest BCUT2D eigenvalue weighted by Crippen LogP contribution is 2.68. The van der Waals surface area contributed by atoms with Gasteiger partial charge in [-0.2, -0.15) is 0 Å². The van der Waals surface area contributed by atoms with Gasteiger partial charge in [-0.3, -0.25) is 4.79 Å². The van der Waals surface area contributed by atoms with Crippen LogP contribution in [-0.4, -0.2) is 11.6 Å². The van der Waals surface area contributed by atoms with E-state index in [9.17, 15) is 4.79 Å². The van der Waals surface area contributed by atoms with Gasteiger partial charge < -0.3 is 4.74 Å². The third kappa shape index (κ3) is 2.15. The Labute approximate surface area is 141 Å². The first-order chi connectivity index (χ1) is 10.9. The van der Waals surface area contributed by atoms with Crippen molar-refractivity contribution in [2.45, 2.75) is 84.7 Å². The lowest BCUT2D eigenvalue weighted by molar-refractivity contribution is -0.211. The van der Waals surface area contributed by atoms with Gasteiger partial charge in [0.05, 0.1) is 5.41 Å². The van der Waals surface area contributed by atoms with Gasteiger partial charge in [-0.25, -0.2) is 0 Å². The molecule has 2 heteroatoms. The van der Waals surface area contributed by atoms with Crippen molar-refractivity contribution < 1.29 is 9.53 Å². The van der Waals surface area contributed by atoms with Crippen LogP contribution in [-0.2, 0) is 9.53 Å². The summed E-state index contributed by atoms with van der Waals surface area (Å²) in [6.45, 7) is 8.44. The molecule has 7 unspecified atom stereocenters. The van der Waals surface area contributed by atoms with Crippen molar-refractivity contribution >= 4 is 5.97 Å². The molecule has 2 nitrogen and oxygen atoms in total. The van der Waals surface area contributed by atoms with Crippen LogP contribution in [0.2, 0.25) is 0 Å². The number of ether oxygens (including phenoxy) is 1. The van der Waals surface area contributed by atoms with Crippen LogP contribution in [0.1, 0.15) is 79.1 Å². The van der Waals surface area contributed by atoms with Crippen LogP contribution in [0.4, 0.5) is 0 Å². The highest BCUT2D eigenvalue weighted by molar-refractivity contribution is 5.76. The molecule has 0 amide bonds.